The third kappa shape index (κ3) is 3.84. The van der Waals surface area contributed by atoms with Crippen molar-refractivity contribution in [3.05, 3.63) is 34.9 Å². The average molecular weight is 298 g/mol. The molecule has 1 rings (SSSR count). The van der Waals surface area contributed by atoms with Crippen LogP contribution in [0.2, 0.25) is 0 Å². The molecule has 2 nitrogen and oxygen atoms in total. The summed E-state index contributed by atoms with van der Waals surface area (Å²) in [6.07, 6.45) is 0.990. The lowest BCUT2D eigenvalue weighted by molar-refractivity contribution is 0.0765. The van der Waals surface area contributed by atoms with E-state index in [0.29, 0.717) is 0 Å². The van der Waals surface area contributed by atoms with E-state index >= 15 is 0 Å². The Morgan fingerprint density at radius 3 is 2.53 bits per heavy atom. The fourth-order valence-corrected chi connectivity index (χ4v) is 2.34. The molecule has 0 aliphatic rings. The molecule has 1 aromatic rings. The monoisotopic (exact) mass is 297 g/mol. The first-order valence-electron chi connectivity index (χ1n) is 6.02. The average Bonchev–Trinajstić information content (AvgIpc) is 2.28. The molecular formula is C14H20BrNO. The van der Waals surface area contributed by atoms with Gasteiger partial charge in [0, 0.05) is 24.0 Å². The molecule has 94 valence electrons. The van der Waals surface area contributed by atoms with Crippen molar-refractivity contribution in [2.75, 3.05) is 18.4 Å². The van der Waals surface area contributed by atoms with Crippen molar-refractivity contribution in [2.24, 2.45) is 0 Å². The van der Waals surface area contributed by atoms with E-state index in [2.05, 4.69) is 28.9 Å². The van der Waals surface area contributed by atoms with Crippen molar-refractivity contribution in [1.82, 2.24) is 4.90 Å². The summed E-state index contributed by atoms with van der Waals surface area (Å²) < 4.78 is 0. The predicted octanol–water partition coefficient (Wildman–Crippen LogP) is 3.55. The summed E-state index contributed by atoms with van der Waals surface area (Å²) in [5.74, 6) is 0.142. The minimum atomic E-state index is 0.142. The molecule has 0 N–H and O–H groups in total. The number of rotatable bonds is 5. The fourth-order valence-electron chi connectivity index (χ4n) is 1.91. The highest BCUT2D eigenvalue weighted by molar-refractivity contribution is 9.09. The predicted molar refractivity (Wildman–Crippen MR) is 75.9 cm³/mol. The highest BCUT2D eigenvalue weighted by Gasteiger charge is 2.16. The number of halogens is 1. The zero-order valence-corrected chi connectivity index (χ0v) is 12.4. The Hall–Kier alpha value is -0.830. The van der Waals surface area contributed by atoms with E-state index in [4.69, 9.17) is 0 Å². The van der Waals surface area contributed by atoms with E-state index in [9.17, 15) is 4.79 Å². The second kappa shape index (κ2) is 6.80. The molecular weight excluding hydrogens is 278 g/mol. The Morgan fingerprint density at radius 2 is 2.00 bits per heavy atom. The van der Waals surface area contributed by atoms with E-state index in [1.165, 1.54) is 5.56 Å². The van der Waals surface area contributed by atoms with Crippen molar-refractivity contribution in [3.63, 3.8) is 0 Å². The van der Waals surface area contributed by atoms with E-state index in [0.717, 1.165) is 36.0 Å². The molecule has 0 aromatic heterocycles. The molecule has 3 heteroatoms. The van der Waals surface area contributed by atoms with Crippen LogP contribution in [0, 0.1) is 13.8 Å². The van der Waals surface area contributed by atoms with Crippen LogP contribution >= 0.6 is 15.9 Å². The van der Waals surface area contributed by atoms with Gasteiger partial charge in [-0.1, -0.05) is 40.5 Å². The number of carbonyl (C=O) groups excluding carboxylic acids is 1. The summed E-state index contributed by atoms with van der Waals surface area (Å²) >= 11 is 3.40. The summed E-state index contributed by atoms with van der Waals surface area (Å²) in [6.45, 7) is 7.72. The Labute approximate surface area is 112 Å². The lowest BCUT2D eigenvalue weighted by Crippen LogP contribution is -2.33. The van der Waals surface area contributed by atoms with Gasteiger partial charge >= 0.3 is 0 Å². The van der Waals surface area contributed by atoms with Crippen LogP contribution in [0.5, 0.6) is 0 Å². The minimum absolute atomic E-state index is 0.142. The Kier molecular flexibility index (Phi) is 5.69. The SMILES string of the molecule is CCCN(CCBr)C(=O)c1ccc(C)cc1C. The molecule has 0 heterocycles. The second-order valence-corrected chi connectivity index (χ2v) is 5.09. The number of amides is 1. The summed E-state index contributed by atoms with van der Waals surface area (Å²) in [6, 6.07) is 5.99. The molecule has 0 bridgehead atoms. The van der Waals surface area contributed by atoms with Gasteiger partial charge in [0.25, 0.3) is 5.91 Å². The first-order valence-corrected chi connectivity index (χ1v) is 7.14. The van der Waals surface area contributed by atoms with Gasteiger partial charge in [-0.3, -0.25) is 4.79 Å². The topological polar surface area (TPSA) is 20.3 Å². The largest absolute Gasteiger partial charge is 0.338 e. The van der Waals surface area contributed by atoms with E-state index in [1.807, 2.05) is 30.9 Å². The molecule has 0 unspecified atom stereocenters. The number of alkyl halides is 1. The standard InChI is InChI=1S/C14H20BrNO/c1-4-8-16(9-7-15)14(17)13-6-5-11(2)10-12(13)3/h5-6,10H,4,7-9H2,1-3H3. The first kappa shape index (κ1) is 14.2. The smallest absolute Gasteiger partial charge is 0.254 e. The van der Waals surface area contributed by atoms with Crippen LogP contribution in [-0.2, 0) is 0 Å². The maximum Gasteiger partial charge on any atom is 0.254 e. The molecule has 1 aromatic carbocycles. The Bertz CT molecular complexity index is 384. The first-order chi connectivity index (χ1) is 8.10. The van der Waals surface area contributed by atoms with Gasteiger partial charge in [0.1, 0.15) is 0 Å². The highest BCUT2D eigenvalue weighted by Crippen LogP contribution is 2.13. The zero-order valence-electron chi connectivity index (χ0n) is 10.8. The minimum Gasteiger partial charge on any atom is -0.338 e. The van der Waals surface area contributed by atoms with Gasteiger partial charge in [0.2, 0.25) is 0 Å². The number of benzene rings is 1. The number of hydrogen-bond acceptors (Lipinski definition) is 1. The number of carbonyl (C=O) groups is 1. The van der Waals surface area contributed by atoms with Gasteiger partial charge in [-0.05, 0) is 31.9 Å². The molecule has 17 heavy (non-hydrogen) atoms. The van der Waals surface area contributed by atoms with Crippen LogP contribution in [0.15, 0.2) is 18.2 Å². The van der Waals surface area contributed by atoms with Crippen molar-refractivity contribution < 1.29 is 4.79 Å². The highest BCUT2D eigenvalue weighted by atomic mass is 79.9. The summed E-state index contributed by atoms with van der Waals surface area (Å²) in [5.41, 5.74) is 3.08. The molecule has 0 radical (unpaired) electrons. The summed E-state index contributed by atoms with van der Waals surface area (Å²) in [7, 11) is 0. The van der Waals surface area contributed by atoms with Crippen LogP contribution in [0.25, 0.3) is 0 Å². The molecule has 0 atom stereocenters. The zero-order chi connectivity index (χ0) is 12.8. The van der Waals surface area contributed by atoms with E-state index < -0.39 is 0 Å². The second-order valence-electron chi connectivity index (χ2n) is 4.30. The van der Waals surface area contributed by atoms with Crippen LogP contribution in [-0.4, -0.2) is 29.2 Å². The van der Waals surface area contributed by atoms with Gasteiger partial charge in [-0.15, -0.1) is 0 Å². The van der Waals surface area contributed by atoms with Gasteiger partial charge in [0.05, 0.1) is 0 Å². The molecule has 1 amide bonds. The van der Waals surface area contributed by atoms with Crippen molar-refractivity contribution in [3.8, 4) is 0 Å². The fraction of sp³-hybridized carbons (Fsp3) is 0.500. The maximum absolute atomic E-state index is 12.4. The molecule has 0 aliphatic carbocycles. The van der Waals surface area contributed by atoms with E-state index in [-0.39, 0.29) is 5.91 Å². The summed E-state index contributed by atoms with van der Waals surface area (Å²) in [5, 5.41) is 0.823. The van der Waals surface area contributed by atoms with Crippen molar-refractivity contribution in [1.29, 1.82) is 0 Å². The van der Waals surface area contributed by atoms with Gasteiger partial charge in [0.15, 0.2) is 0 Å². The number of nitrogens with zero attached hydrogens (tertiary/aromatic N) is 1. The number of hydrogen-bond donors (Lipinski definition) is 0. The normalized spacial score (nSPS) is 10.4. The van der Waals surface area contributed by atoms with Crippen molar-refractivity contribution >= 4 is 21.8 Å². The van der Waals surface area contributed by atoms with Gasteiger partial charge in [-0.2, -0.15) is 0 Å². The van der Waals surface area contributed by atoms with Crippen LogP contribution < -0.4 is 0 Å². The Morgan fingerprint density at radius 1 is 1.29 bits per heavy atom. The van der Waals surface area contributed by atoms with Gasteiger partial charge < -0.3 is 4.90 Å². The molecule has 0 aliphatic heterocycles. The van der Waals surface area contributed by atoms with Gasteiger partial charge in [-0.25, -0.2) is 0 Å². The maximum atomic E-state index is 12.4. The molecule has 0 saturated carbocycles. The number of aryl methyl sites for hydroxylation is 2. The third-order valence-corrected chi connectivity index (χ3v) is 3.10. The van der Waals surface area contributed by atoms with E-state index in [1.54, 1.807) is 0 Å². The lowest BCUT2D eigenvalue weighted by atomic mass is 10.0. The van der Waals surface area contributed by atoms with Crippen LogP contribution in [0.3, 0.4) is 0 Å². The molecule has 0 saturated heterocycles. The molecule has 0 fully saturated rings. The lowest BCUT2D eigenvalue weighted by Gasteiger charge is -2.22. The third-order valence-electron chi connectivity index (χ3n) is 2.75. The Balaban J connectivity index is 2.92. The van der Waals surface area contributed by atoms with Crippen LogP contribution in [0.1, 0.15) is 34.8 Å². The quantitative estimate of drug-likeness (QED) is 0.761. The summed E-state index contributed by atoms with van der Waals surface area (Å²) in [4.78, 5) is 14.3. The van der Waals surface area contributed by atoms with Crippen LogP contribution in [0.4, 0.5) is 0 Å². The van der Waals surface area contributed by atoms with Crippen molar-refractivity contribution in [2.45, 2.75) is 27.2 Å². The molecule has 0 spiro atoms.